The highest BCUT2D eigenvalue weighted by atomic mass is 16.5. The van der Waals surface area contributed by atoms with Gasteiger partial charge >= 0.3 is 12.0 Å². The molecule has 16 heteroatoms. The molecule has 55 heavy (non-hydrogen) atoms. The minimum absolute atomic E-state index is 0.0448. The zero-order valence-corrected chi connectivity index (χ0v) is 31.6. The van der Waals surface area contributed by atoms with Crippen LogP contribution in [0, 0.1) is 5.92 Å². The number of amides is 7. The first-order chi connectivity index (χ1) is 26.3. The predicted molar refractivity (Wildman–Crippen MR) is 200 cm³/mol. The van der Waals surface area contributed by atoms with E-state index in [0.717, 1.165) is 5.56 Å². The Morgan fingerprint density at radius 1 is 0.909 bits per heavy atom. The number of esters is 1. The van der Waals surface area contributed by atoms with Crippen LogP contribution in [0.3, 0.4) is 0 Å². The van der Waals surface area contributed by atoms with Gasteiger partial charge in [0, 0.05) is 38.9 Å². The number of nitrogens with one attached hydrogen (secondary N) is 4. The number of cyclic esters (lactones) is 1. The molecule has 3 fully saturated rings. The lowest BCUT2D eigenvalue weighted by atomic mass is 10.0. The summed E-state index contributed by atoms with van der Waals surface area (Å²) in [4.78, 5) is 101. The van der Waals surface area contributed by atoms with E-state index < -0.39 is 90.5 Å². The second-order valence-electron chi connectivity index (χ2n) is 14.6. The maximum absolute atomic E-state index is 14.6. The van der Waals surface area contributed by atoms with Gasteiger partial charge in [0.25, 0.3) is 0 Å². The highest BCUT2D eigenvalue weighted by Gasteiger charge is 2.46. The molecule has 3 heterocycles. The fourth-order valence-electron chi connectivity index (χ4n) is 7.48. The number of aliphatic hydroxyl groups excluding tert-OH is 1. The van der Waals surface area contributed by atoms with Crippen molar-refractivity contribution >= 4 is 47.2 Å². The predicted octanol–water partition coefficient (Wildman–Crippen LogP) is 0.792. The number of aliphatic hydroxyl groups is 1. The lowest BCUT2D eigenvalue weighted by Crippen LogP contribution is -2.62. The van der Waals surface area contributed by atoms with Crippen LogP contribution < -0.4 is 21.3 Å². The number of likely N-dealkylation sites (N-methyl/N-ethyl adjacent to an activating group) is 1. The molecule has 5 rings (SSSR count). The second-order valence-corrected chi connectivity index (χ2v) is 14.6. The number of nitrogens with zero attached hydrogens (tertiary/aromatic N) is 3. The molecule has 0 radical (unpaired) electrons. The number of urea groups is 1. The second kappa shape index (κ2) is 18.2. The number of hydrogen-bond acceptors (Lipinski definition) is 9. The number of para-hydroxylation sites is 1. The molecule has 3 aliphatic rings. The molecular weight excluding hydrogens is 710 g/mol. The van der Waals surface area contributed by atoms with E-state index in [4.69, 9.17) is 4.74 Å². The molecule has 0 aliphatic carbocycles. The number of hydrogen-bond donors (Lipinski definition) is 5. The van der Waals surface area contributed by atoms with Crippen molar-refractivity contribution in [2.45, 2.75) is 95.2 Å². The molecule has 296 valence electrons. The van der Waals surface area contributed by atoms with E-state index >= 15 is 0 Å². The Labute approximate surface area is 320 Å². The van der Waals surface area contributed by atoms with Crippen LogP contribution in [0.5, 0.6) is 0 Å². The summed E-state index contributed by atoms with van der Waals surface area (Å²) in [6.45, 7) is 4.72. The molecule has 2 aromatic carbocycles. The quantitative estimate of drug-likeness (QED) is 0.241. The number of carbonyl (C=O) groups is 7. The van der Waals surface area contributed by atoms with E-state index in [9.17, 15) is 38.7 Å². The van der Waals surface area contributed by atoms with Crippen LogP contribution in [-0.2, 0) is 39.9 Å². The molecule has 0 aromatic heterocycles. The van der Waals surface area contributed by atoms with Crippen molar-refractivity contribution in [2.24, 2.45) is 5.92 Å². The van der Waals surface area contributed by atoms with Crippen LogP contribution in [0.25, 0.3) is 0 Å². The van der Waals surface area contributed by atoms with Gasteiger partial charge in [-0.05, 0) is 63.1 Å². The van der Waals surface area contributed by atoms with Gasteiger partial charge in [0.15, 0.2) is 0 Å². The first-order valence-corrected chi connectivity index (χ1v) is 18.7. The van der Waals surface area contributed by atoms with Gasteiger partial charge in [-0.25, -0.2) is 9.59 Å². The number of fused-ring (bicyclic) bond motifs is 2. The number of rotatable bonds is 8. The van der Waals surface area contributed by atoms with Crippen LogP contribution in [0.15, 0.2) is 60.7 Å². The van der Waals surface area contributed by atoms with E-state index in [-0.39, 0.29) is 44.7 Å². The monoisotopic (exact) mass is 761 g/mol. The average Bonchev–Trinajstić information content (AvgIpc) is 3.82. The number of benzene rings is 2. The number of carbonyl (C=O) groups excluding carboxylic acids is 7. The van der Waals surface area contributed by atoms with Crippen LogP contribution in [0.2, 0.25) is 0 Å². The molecule has 0 saturated carbocycles. The summed E-state index contributed by atoms with van der Waals surface area (Å²) in [5, 5.41) is 20.6. The molecule has 7 amide bonds. The fourth-order valence-corrected chi connectivity index (χ4v) is 7.48. The van der Waals surface area contributed by atoms with Gasteiger partial charge in [-0.15, -0.1) is 0 Å². The summed E-state index contributed by atoms with van der Waals surface area (Å²) < 4.78 is 5.90. The van der Waals surface area contributed by atoms with E-state index in [1.54, 1.807) is 54.6 Å². The van der Waals surface area contributed by atoms with E-state index in [1.165, 1.54) is 35.6 Å². The number of anilines is 1. The first-order valence-electron chi connectivity index (χ1n) is 18.7. The summed E-state index contributed by atoms with van der Waals surface area (Å²) >= 11 is 0. The topological polar surface area (TPSA) is 207 Å². The highest BCUT2D eigenvalue weighted by Crippen LogP contribution is 2.27. The van der Waals surface area contributed by atoms with Crippen molar-refractivity contribution < 1.29 is 43.4 Å². The van der Waals surface area contributed by atoms with Crippen LogP contribution in [0.1, 0.15) is 52.0 Å². The molecule has 2 aromatic rings. The van der Waals surface area contributed by atoms with Crippen molar-refractivity contribution in [2.75, 3.05) is 32.1 Å². The Hall–Kier alpha value is -5.51. The van der Waals surface area contributed by atoms with Crippen molar-refractivity contribution in [1.29, 1.82) is 0 Å². The van der Waals surface area contributed by atoms with E-state index in [2.05, 4.69) is 21.3 Å². The van der Waals surface area contributed by atoms with Crippen molar-refractivity contribution in [3.8, 4) is 0 Å². The Morgan fingerprint density at radius 3 is 2.25 bits per heavy atom. The Balaban J connectivity index is 1.49. The largest absolute Gasteiger partial charge is 0.458 e. The number of ether oxygens (including phenoxy) is 1. The Morgan fingerprint density at radius 2 is 1.58 bits per heavy atom. The van der Waals surface area contributed by atoms with Gasteiger partial charge < -0.3 is 45.8 Å². The standard InChI is InChI=1S/C39H51N7O9/c1-23-20-31-38(53)55-25(3)32(43-33(48)28(21-26-12-7-5-8-13-26)42-39(54)41-27-14-9-6-10-15-27)37(52)45-18-11-16-30(45)36(51)44(4)29(17-19-47)34(49)40-24(2)35(50)46(31)22-23/h5-10,12-15,23-25,28-32,47H,11,16-22H2,1-4H3,(H,40,49)(H,43,48)(H2,41,42,54)/t23-,24+,25+,28+,29+,30+,31+,32+/m1/s1. The lowest BCUT2D eigenvalue weighted by molar-refractivity contribution is -0.162. The molecule has 16 nitrogen and oxygen atoms in total. The molecule has 8 atom stereocenters. The Kier molecular flexibility index (Phi) is 13.5. The summed E-state index contributed by atoms with van der Waals surface area (Å²) in [7, 11) is 1.40. The molecule has 0 spiro atoms. The SMILES string of the molecule is C[C@@H]1C[C@H]2C(=O)O[C@@H](C)[C@H](NC(=O)[C@H](Cc3ccccc3)NC(=O)Nc3ccccc3)C(=O)N3CCC[C@H]3C(=O)N(C)[C@@H](CCO)C(=O)N[C@@H](C)C(=O)N2C1. The summed E-state index contributed by atoms with van der Waals surface area (Å²) in [6, 6.07) is 9.90. The van der Waals surface area contributed by atoms with Gasteiger partial charge in [-0.2, -0.15) is 0 Å². The Bertz CT molecular complexity index is 1730. The van der Waals surface area contributed by atoms with Gasteiger partial charge in [0.2, 0.25) is 29.5 Å². The van der Waals surface area contributed by atoms with Gasteiger partial charge in [-0.3, -0.25) is 24.0 Å². The summed E-state index contributed by atoms with van der Waals surface area (Å²) in [6.07, 6.45) is -0.425. The van der Waals surface area contributed by atoms with Crippen LogP contribution in [-0.4, -0.2) is 130 Å². The molecule has 5 N–H and O–H groups in total. The van der Waals surface area contributed by atoms with Gasteiger partial charge in [0.05, 0.1) is 0 Å². The summed E-state index contributed by atoms with van der Waals surface area (Å²) in [5.41, 5.74) is 1.21. The van der Waals surface area contributed by atoms with Crippen LogP contribution >= 0.6 is 0 Å². The first kappa shape index (κ1) is 40.7. The van der Waals surface area contributed by atoms with Crippen LogP contribution in [0.4, 0.5) is 10.5 Å². The molecule has 3 saturated heterocycles. The zero-order chi connectivity index (χ0) is 39.8. The minimum Gasteiger partial charge on any atom is -0.458 e. The van der Waals surface area contributed by atoms with Gasteiger partial charge in [-0.1, -0.05) is 55.5 Å². The molecule has 3 aliphatic heterocycles. The smallest absolute Gasteiger partial charge is 0.329 e. The third-order valence-electron chi connectivity index (χ3n) is 10.4. The minimum atomic E-state index is -1.52. The summed E-state index contributed by atoms with van der Waals surface area (Å²) in [5.74, 6) is -4.13. The van der Waals surface area contributed by atoms with Crippen molar-refractivity contribution in [3.05, 3.63) is 66.2 Å². The van der Waals surface area contributed by atoms with E-state index in [0.29, 0.717) is 12.1 Å². The molecule has 0 bridgehead atoms. The maximum atomic E-state index is 14.6. The lowest BCUT2D eigenvalue weighted by Gasteiger charge is -2.36. The van der Waals surface area contributed by atoms with Gasteiger partial charge in [0.1, 0.15) is 42.4 Å². The van der Waals surface area contributed by atoms with Crippen molar-refractivity contribution in [3.63, 3.8) is 0 Å². The highest BCUT2D eigenvalue weighted by molar-refractivity contribution is 5.98. The average molecular weight is 762 g/mol. The molecule has 0 unspecified atom stereocenters. The normalized spacial score (nSPS) is 27.1. The van der Waals surface area contributed by atoms with E-state index in [1.807, 2.05) is 13.0 Å². The zero-order valence-electron chi connectivity index (χ0n) is 31.6. The fraction of sp³-hybridized carbons (Fsp3) is 0.513. The molecular formula is C39H51N7O9. The third kappa shape index (κ3) is 9.79. The third-order valence-corrected chi connectivity index (χ3v) is 10.4. The van der Waals surface area contributed by atoms with Crippen molar-refractivity contribution in [1.82, 2.24) is 30.7 Å². The maximum Gasteiger partial charge on any atom is 0.329 e.